The van der Waals surface area contributed by atoms with Crippen LogP contribution in [0.5, 0.6) is 5.75 Å². The minimum absolute atomic E-state index is 0.0650. The van der Waals surface area contributed by atoms with E-state index in [1.54, 1.807) is 42.7 Å². The van der Waals surface area contributed by atoms with Crippen LogP contribution in [-0.2, 0) is 17.3 Å². The van der Waals surface area contributed by atoms with E-state index in [1.807, 2.05) is 6.07 Å². The van der Waals surface area contributed by atoms with Crippen molar-refractivity contribution >= 4 is 56.5 Å². The number of anilines is 1. The third-order valence-electron chi connectivity index (χ3n) is 4.96. The predicted molar refractivity (Wildman–Crippen MR) is 130 cm³/mol. The molecule has 0 fully saturated rings. The molecule has 1 amide bonds. The molecule has 10 heteroatoms. The summed E-state index contributed by atoms with van der Waals surface area (Å²) < 4.78 is 13.2. The molecule has 1 heterocycles. The van der Waals surface area contributed by atoms with Gasteiger partial charge in [0, 0.05) is 27.5 Å². The number of hydrogen-bond acceptors (Lipinski definition) is 5. The zero-order valence-corrected chi connectivity index (χ0v) is 19.5. The topological polar surface area (TPSA) is 101 Å². The van der Waals surface area contributed by atoms with Crippen LogP contribution in [0.2, 0.25) is 10.0 Å². The fraction of sp³-hybridized carbons (Fsp3) is 0.0870. The highest BCUT2D eigenvalue weighted by molar-refractivity contribution is 7.84. The van der Waals surface area contributed by atoms with E-state index < -0.39 is 16.7 Å². The summed E-state index contributed by atoms with van der Waals surface area (Å²) in [6.45, 7) is 0.221. The van der Waals surface area contributed by atoms with E-state index in [2.05, 4.69) is 10.3 Å². The number of nitrogens with one attached hydrogen (secondary N) is 1. The molecule has 168 valence electrons. The molecule has 1 atom stereocenters. The van der Waals surface area contributed by atoms with Crippen LogP contribution in [0.25, 0.3) is 10.9 Å². The van der Waals surface area contributed by atoms with E-state index in [0.29, 0.717) is 10.4 Å². The molecule has 2 N–H and O–H groups in total. The number of hydrogen-bond donors (Lipinski definition) is 2. The molecule has 0 aliphatic rings. The van der Waals surface area contributed by atoms with Gasteiger partial charge in [-0.25, -0.2) is 4.98 Å². The lowest BCUT2D eigenvalue weighted by molar-refractivity contribution is 0.102. The van der Waals surface area contributed by atoms with E-state index in [4.69, 9.17) is 23.2 Å². The number of halogens is 2. The van der Waals surface area contributed by atoms with E-state index in [9.17, 15) is 18.9 Å². The van der Waals surface area contributed by atoms with Crippen molar-refractivity contribution in [3.63, 3.8) is 0 Å². The molecule has 33 heavy (non-hydrogen) atoms. The number of aromatic nitrogens is 2. The first kappa shape index (κ1) is 23.0. The number of benzene rings is 3. The van der Waals surface area contributed by atoms with E-state index in [0.717, 1.165) is 5.56 Å². The normalized spacial score (nSPS) is 12.0. The Kier molecular flexibility index (Phi) is 6.51. The van der Waals surface area contributed by atoms with Crippen molar-refractivity contribution in [2.75, 3.05) is 11.6 Å². The molecule has 0 aliphatic heterocycles. The van der Waals surface area contributed by atoms with Crippen LogP contribution >= 0.6 is 23.2 Å². The quantitative estimate of drug-likeness (QED) is 0.420. The second kappa shape index (κ2) is 9.35. The lowest BCUT2D eigenvalue weighted by Gasteiger charge is -2.12. The number of carbonyl (C=O) groups excluding carboxylic acids is 1. The smallest absolute Gasteiger partial charge is 0.263 e. The van der Waals surface area contributed by atoms with Crippen molar-refractivity contribution in [2.24, 2.45) is 0 Å². The molecule has 7 nitrogen and oxygen atoms in total. The van der Waals surface area contributed by atoms with Gasteiger partial charge in [-0.2, -0.15) is 0 Å². The molecule has 0 saturated heterocycles. The fourth-order valence-corrected chi connectivity index (χ4v) is 4.40. The molecule has 0 aliphatic carbocycles. The molecule has 4 rings (SSSR count). The maximum Gasteiger partial charge on any atom is 0.263 e. The monoisotopic (exact) mass is 501 g/mol. The van der Waals surface area contributed by atoms with Crippen LogP contribution in [0.4, 0.5) is 5.69 Å². The SMILES string of the molecule is CS(=O)c1cccc(Cn2cnc3cccc(NC(=O)c4cc(Cl)c(O)c(Cl)c4)c3c2=O)c1. The number of nitrogens with zero attached hydrogens (tertiary/aromatic N) is 2. The van der Waals surface area contributed by atoms with Gasteiger partial charge in [-0.3, -0.25) is 18.4 Å². The minimum Gasteiger partial charge on any atom is -0.505 e. The van der Waals surface area contributed by atoms with Crippen LogP contribution in [-0.4, -0.2) is 31.0 Å². The number of carbonyl (C=O) groups is 1. The van der Waals surface area contributed by atoms with E-state index >= 15 is 0 Å². The van der Waals surface area contributed by atoms with Crippen LogP contribution in [0.1, 0.15) is 15.9 Å². The Bertz CT molecular complexity index is 1460. The second-order valence-corrected chi connectivity index (χ2v) is 9.42. The minimum atomic E-state index is -1.14. The largest absolute Gasteiger partial charge is 0.505 e. The number of phenols is 1. The van der Waals surface area contributed by atoms with Crippen molar-refractivity contribution in [1.29, 1.82) is 0 Å². The highest BCUT2D eigenvalue weighted by Crippen LogP contribution is 2.33. The molecular formula is C23H17Cl2N3O4S. The maximum absolute atomic E-state index is 13.3. The van der Waals surface area contributed by atoms with Crippen LogP contribution in [0.15, 0.2) is 70.6 Å². The average molecular weight is 502 g/mol. The Labute approximate surface area is 201 Å². The molecule has 4 aromatic rings. The molecule has 1 aromatic heterocycles. The Morgan fingerprint density at radius 2 is 1.82 bits per heavy atom. The van der Waals surface area contributed by atoms with Gasteiger partial charge in [0.1, 0.15) is 0 Å². The van der Waals surface area contributed by atoms with Crippen molar-refractivity contribution in [1.82, 2.24) is 9.55 Å². The summed E-state index contributed by atoms with van der Waals surface area (Å²) in [6, 6.07) is 14.7. The summed E-state index contributed by atoms with van der Waals surface area (Å²) >= 11 is 11.8. The summed E-state index contributed by atoms with van der Waals surface area (Å²) in [5.41, 5.74) is 1.25. The molecule has 3 aromatic carbocycles. The molecule has 0 spiro atoms. The van der Waals surface area contributed by atoms with Crippen LogP contribution in [0.3, 0.4) is 0 Å². The van der Waals surface area contributed by atoms with Crippen LogP contribution < -0.4 is 10.9 Å². The number of rotatable bonds is 5. The summed E-state index contributed by atoms with van der Waals surface area (Å²) in [5, 5.41) is 12.5. The first-order valence-electron chi connectivity index (χ1n) is 9.64. The second-order valence-electron chi connectivity index (χ2n) is 7.22. The summed E-state index contributed by atoms with van der Waals surface area (Å²) in [7, 11) is -1.14. The van der Waals surface area contributed by atoms with Gasteiger partial charge in [0.25, 0.3) is 11.5 Å². The fourth-order valence-electron chi connectivity index (χ4n) is 3.33. The van der Waals surface area contributed by atoms with Gasteiger partial charge in [0.05, 0.1) is 39.5 Å². The van der Waals surface area contributed by atoms with Gasteiger partial charge in [0.2, 0.25) is 0 Å². The Balaban J connectivity index is 1.72. The zero-order valence-electron chi connectivity index (χ0n) is 17.2. The Morgan fingerprint density at radius 3 is 2.52 bits per heavy atom. The molecule has 0 bridgehead atoms. The Hall–Kier alpha value is -3.20. The molecular weight excluding hydrogens is 485 g/mol. The van der Waals surface area contributed by atoms with Crippen molar-refractivity contribution in [2.45, 2.75) is 11.4 Å². The number of aromatic hydroxyl groups is 1. The first-order valence-corrected chi connectivity index (χ1v) is 12.0. The van der Waals surface area contributed by atoms with Gasteiger partial charge in [0.15, 0.2) is 5.75 Å². The van der Waals surface area contributed by atoms with Gasteiger partial charge < -0.3 is 10.4 Å². The highest BCUT2D eigenvalue weighted by Gasteiger charge is 2.16. The molecule has 0 saturated carbocycles. The third-order valence-corrected chi connectivity index (χ3v) is 6.46. The average Bonchev–Trinajstić information content (AvgIpc) is 2.79. The number of fused-ring (bicyclic) bond motifs is 1. The van der Waals surface area contributed by atoms with Crippen LogP contribution in [0, 0.1) is 0 Å². The van der Waals surface area contributed by atoms with Gasteiger partial charge in [-0.1, -0.05) is 41.4 Å². The maximum atomic E-state index is 13.3. The van der Waals surface area contributed by atoms with Crippen molar-refractivity contribution < 1.29 is 14.1 Å². The van der Waals surface area contributed by atoms with Gasteiger partial charge in [-0.15, -0.1) is 0 Å². The summed E-state index contributed by atoms with van der Waals surface area (Å²) in [5.74, 6) is -0.873. The van der Waals surface area contributed by atoms with Gasteiger partial charge >= 0.3 is 0 Å². The lowest BCUT2D eigenvalue weighted by Crippen LogP contribution is -2.23. The van der Waals surface area contributed by atoms with Crippen molar-refractivity contribution in [3.8, 4) is 5.75 Å². The number of phenolic OH excluding ortho intramolecular Hbond substituents is 1. The summed E-state index contributed by atoms with van der Waals surface area (Å²) in [6.07, 6.45) is 3.03. The number of amides is 1. The molecule has 1 unspecified atom stereocenters. The zero-order chi connectivity index (χ0) is 23.7. The van der Waals surface area contributed by atoms with Gasteiger partial charge in [-0.05, 0) is 42.0 Å². The highest BCUT2D eigenvalue weighted by atomic mass is 35.5. The van der Waals surface area contributed by atoms with E-state index in [-0.39, 0.29) is 44.5 Å². The molecule has 0 radical (unpaired) electrons. The standard InChI is InChI=1S/C23H17Cl2N3O4S/c1-33(32)15-5-2-4-13(8-15)11-28-12-26-18-6-3-7-19(20(18)23(28)31)27-22(30)14-9-16(24)21(29)17(25)10-14/h2-10,12,29H,11H2,1H3,(H,27,30). The van der Waals surface area contributed by atoms with E-state index in [1.165, 1.54) is 23.0 Å². The lowest BCUT2D eigenvalue weighted by atomic mass is 10.1. The first-order chi connectivity index (χ1) is 15.7. The van der Waals surface area contributed by atoms with Crippen molar-refractivity contribution in [3.05, 3.63) is 92.5 Å². The third kappa shape index (κ3) is 4.78. The Morgan fingerprint density at radius 1 is 1.12 bits per heavy atom. The predicted octanol–water partition coefficient (Wildman–Crippen LogP) is 4.45. The summed E-state index contributed by atoms with van der Waals surface area (Å²) in [4.78, 5) is 31.1.